The van der Waals surface area contributed by atoms with Gasteiger partial charge in [-0.25, -0.2) is 0 Å². The van der Waals surface area contributed by atoms with E-state index in [-0.39, 0.29) is 5.91 Å². The molecule has 0 saturated heterocycles. The van der Waals surface area contributed by atoms with Crippen LogP contribution in [0.15, 0.2) is 24.3 Å². The Labute approximate surface area is 127 Å². The van der Waals surface area contributed by atoms with Crippen LogP contribution in [0.4, 0.5) is 0 Å². The van der Waals surface area contributed by atoms with Crippen LogP contribution in [0.3, 0.4) is 0 Å². The van der Waals surface area contributed by atoms with Crippen LogP contribution in [0.1, 0.15) is 55.5 Å². The van der Waals surface area contributed by atoms with Crippen molar-refractivity contribution >= 4 is 23.1 Å². The number of carbonyl (C=O) groups is 1. The summed E-state index contributed by atoms with van der Waals surface area (Å²) in [5, 5.41) is 0. The molecule has 110 valence electrons. The Balaban J connectivity index is 2.78. The maximum absolute atomic E-state index is 12.5. The minimum absolute atomic E-state index is 0.0985. The fraction of sp³-hybridized carbons (Fsp3) is 0.500. The Bertz CT molecular complexity index is 434. The van der Waals surface area contributed by atoms with Crippen molar-refractivity contribution in [1.82, 2.24) is 4.90 Å². The molecule has 0 heterocycles. The van der Waals surface area contributed by atoms with Crippen LogP contribution in [0, 0.1) is 0 Å². The molecule has 0 fully saturated rings. The number of rotatable bonds is 8. The lowest BCUT2D eigenvalue weighted by Gasteiger charge is -2.22. The number of nitrogens with two attached hydrogens (primary N) is 1. The molecule has 0 atom stereocenters. The summed E-state index contributed by atoms with van der Waals surface area (Å²) in [6.07, 6.45) is 4.27. The number of unbranched alkanes of at least 4 members (excludes halogenated alkanes) is 2. The third-order valence-electron chi connectivity index (χ3n) is 3.27. The van der Waals surface area contributed by atoms with Crippen molar-refractivity contribution < 1.29 is 4.79 Å². The molecule has 0 saturated carbocycles. The highest BCUT2D eigenvalue weighted by Gasteiger charge is 2.14. The van der Waals surface area contributed by atoms with Crippen LogP contribution >= 0.6 is 12.2 Å². The van der Waals surface area contributed by atoms with Crippen LogP contribution < -0.4 is 5.73 Å². The van der Waals surface area contributed by atoms with E-state index in [9.17, 15) is 4.79 Å². The zero-order valence-electron chi connectivity index (χ0n) is 12.4. The summed E-state index contributed by atoms with van der Waals surface area (Å²) in [5.74, 6) is 0.0985. The molecule has 0 aliphatic rings. The number of thiocarbonyl (C=S) groups is 1. The van der Waals surface area contributed by atoms with Gasteiger partial charge in [0.05, 0.1) is 0 Å². The fourth-order valence-electron chi connectivity index (χ4n) is 1.97. The summed E-state index contributed by atoms with van der Waals surface area (Å²) in [6, 6.07) is 7.24. The maximum Gasteiger partial charge on any atom is 0.253 e. The Morgan fingerprint density at radius 1 is 1.05 bits per heavy atom. The molecule has 0 radical (unpaired) electrons. The number of hydrogen-bond donors (Lipinski definition) is 1. The molecule has 3 nitrogen and oxygen atoms in total. The van der Waals surface area contributed by atoms with E-state index in [4.69, 9.17) is 18.0 Å². The lowest BCUT2D eigenvalue weighted by atomic mass is 10.1. The first kappa shape index (κ1) is 16.6. The minimum Gasteiger partial charge on any atom is -0.389 e. The van der Waals surface area contributed by atoms with Crippen molar-refractivity contribution in [1.29, 1.82) is 0 Å². The minimum atomic E-state index is 0.0985. The van der Waals surface area contributed by atoms with Crippen molar-refractivity contribution in [2.24, 2.45) is 5.73 Å². The Morgan fingerprint density at radius 2 is 1.50 bits per heavy atom. The molecule has 0 bridgehead atoms. The number of amides is 1. The standard InChI is InChI=1S/C16H24N2OS/c1-3-5-11-18(12-6-4-2)16(19)14-9-7-13(8-10-14)15(17)20/h7-10H,3-6,11-12H2,1-2H3,(H2,17,20). The van der Waals surface area contributed by atoms with E-state index in [1.807, 2.05) is 29.2 Å². The van der Waals surface area contributed by atoms with Crippen LogP contribution in [-0.4, -0.2) is 28.9 Å². The summed E-state index contributed by atoms with van der Waals surface area (Å²) in [7, 11) is 0. The first-order valence-corrected chi connectivity index (χ1v) is 7.70. The molecule has 20 heavy (non-hydrogen) atoms. The summed E-state index contributed by atoms with van der Waals surface area (Å²) in [5.41, 5.74) is 7.07. The molecular weight excluding hydrogens is 268 g/mol. The lowest BCUT2D eigenvalue weighted by Crippen LogP contribution is -2.33. The van der Waals surface area contributed by atoms with Crippen molar-refractivity contribution in [3.05, 3.63) is 35.4 Å². The molecule has 1 aromatic carbocycles. The smallest absolute Gasteiger partial charge is 0.253 e. The third kappa shape index (κ3) is 4.93. The highest BCUT2D eigenvalue weighted by molar-refractivity contribution is 7.80. The van der Waals surface area contributed by atoms with Crippen LogP contribution in [0.5, 0.6) is 0 Å². The number of carbonyl (C=O) groups excluding carboxylic acids is 1. The SMILES string of the molecule is CCCCN(CCCC)C(=O)c1ccc(C(N)=S)cc1. The first-order chi connectivity index (χ1) is 9.60. The molecule has 1 amide bonds. The maximum atomic E-state index is 12.5. The van der Waals surface area contributed by atoms with Gasteiger partial charge in [0.1, 0.15) is 4.99 Å². The summed E-state index contributed by atoms with van der Waals surface area (Å²) in [4.78, 5) is 14.8. The molecule has 0 aliphatic carbocycles. The zero-order chi connectivity index (χ0) is 15.0. The van der Waals surface area contributed by atoms with Gasteiger partial charge in [0, 0.05) is 24.2 Å². The zero-order valence-corrected chi connectivity index (χ0v) is 13.2. The largest absolute Gasteiger partial charge is 0.389 e. The molecule has 0 spiro atoms. The number of benzene rings is 1. The normalized spacial score (nSPS) is 10.3. The summed E-state index contributed by atoms with van der Waals surface area (Å²) < 4.78 is 0. The van der Waals surface area contributed by atoms with Crippen LogP contribution in [0.25, 0.3) is 0 Å². The first-order valence-electron chi connectivity index (χ1n) is 7.29. The van der Waals surface area contributed by atoms with Gasteiger partial charge < -0.3 is 10.6 Å². The van der Waals surface area contributed by atoms with Gasteiger partial charge in [-0.1, -0.05) is 51.0 Å². The van der Waals surface area contributed by atoms with Crippen molar-refractivity contribution in [3.63, 3.8) is 0 Å². The molecule has 0 unspecified atom stereocenters. The van der Waals surface area contributed by atoms with E-state index in [2.05, 4.69) is 13.8 Å². The van der Waals surface area contributed by atoms with E-state index < -0.39 is 0 Å². The second-order valence-electron chi connectivity index (χ2n) is 4.94. The monoisotopic (exact) mass is 292 g/mol. The van der Waals surface area contributed by atoms with Gasteiger partial charge in [0.25, 0.3) is 5.91 Å². The highest BCUT2D eigenvalue weighted by atomic mass is 32.1. The molecule has 1 aromatic rings. The van der Waals surface area contributed by atoms with E-state index in [0.29, 0.717) is 10.6 Å². The van der Waals surface area contributed by atoms with Gasteiger partial charge in [0.2, 0.25) is 0 Å². The highest BCUT2D eigenvalue weighted by Crippen LogP contribution is 2.10. The van der Waals surface area contributed by atoms with Crippen molar-refractivity contribution in [2.75, 3.05) is 13.1 Å². The number of nitrogens with zero attached hydrogens (tertiary/aromatic N) is 1. The predicted molar refractivity (Wildman–Crippen MR) is 88.0 cm³/mol. The summed E-state index contributed by atoms with van der Waals surface area (Å²) >= 11 is 4.92. The summed E-state index contributed by atoms with van der Waals surface area (Å²) in [6.45, 7) is 5.93. The Kier molecular flexibility index (Phi) is 7.23. The second-order valence-corrected chi connectivity index (χ2v) is 5.38. The van der Waals surface area contributed by atoms with Gasteiger partial charge in [-0.15, -0.1) is 0 Å². The second kappa shape index (κ2) is 8.69. The topological polar surface area (TPSA) is 46.3 Å². The van der Waals surface area contributed by atoms with Crippen LogP contribution in [-0.2, 0) is 0 Å². The van der Waals surface area contributed by atoms with E-state index in [1.54, 1.807) is 0 Å². The molecule has 1 rings (SSSR count). The van der Waals surface area contributed by atoms with Crippen LogP contribution in [0.2, 0.25) is 0 Å². The van der Waals surface area contributed by atoms with Crippen molar-refractivity contribution in [2.45, 2.75) is 39.5 Å². The van der Waals surface area contributed by atoms with Gasteiger partial charge in [-0.05, 0) is 25.0 Å². The molecule has 4 heteroatoms. The van der Waals surface area contributed by atoms with Crippen molar-refractivity contribution in [3.8, 4) is 0 Å². The van der Waals surface area contributed by atoms with Gasteiger partial charge in [-0.2, -0.15) is 0 Å². The molecule has 2 N–H and O–H groups in total. The predicted octanol–water partition coefficient (Wildman–Crippen LogP) is 3.36. The van der Waals surface area contributed by atoms with Gasteiger partial charge in [-0.3, -0.25) is 4.79 Å². The average molecular weight is 292 g/mol. The average Bonchev–Trinajstić information content (AvgIpc) is 2.47. The van der Waals surface area contributed by atoms with E-state index in [0.717, 1.165) is 44.3 Å². The molecular formula is C16H24N2OS. The molecule has 0 aliphatic heterocycles. The van der Waals surface area contributed by atoms with Gasteiger partial charge >= 0.3 is 0 Å². The quantitative estimate of drug-likeness (QED) is 0.747. The third-order valence-corrected chi connectivity index (χ3v) is 3.50. The Hall–Kier alpha value is -1.42. The Morgan fingerprint density at radius 3 is 1.90 bits per heavy atom. The van der Waals surface area contributed by atoms with E-state index >= 15 is 0 Å². The number of hydrogen-bond acceptors (Lipinski definition) is 2. The lowest BCUT2D eigenvalue weighted by molar-refractivity contribution is 0.0751. The van der Waals surface area contributed by atoms with E-state index in [1.165, 1.54) is 0 Å². The fourth-order valence-corrected chi connectivity index (χ4v) is 2.11. The molecule has 0 aromatic heterocycles. The van der Waals surface area contributed by atoms with Gasteiger partial charge in [0.15, 0.2) is 0 Å².